The van der Waals surface area contributed by atoms with Crippen molar-refractivity contribution in [3.8, 4) is 0 Å². The molecule has 6 heteroatoms. The topological polar surface area (TPSA) is 75.6 Å². The lowest BCUT2D eigenvalue weighted by Gasteiger charge is -2.21. The van der Waals surface area contributed by atoms with E-state index in [0.717, 1.165) is 11.5 Å². The molecule has 0 atom stereocenters. The number of carbonyl (C=O) groups is 1. The van der Waals surface area contributed by atoms with Crippen molar-refractivity contribution < 1.29 is 4.79 Å². The lowest BCUT2D eigenvalue weighted by molar-refractivity contribution is 0.0948. The van der Waals surface area contributed by atoms with Crippen molar-refractivity contribution in [3.63, 3.8) is 0 Å². The quantitative estimate of drug-likeness (QED) is 0.881. The first-order valence-electron chi connectivity index (χ1n) is 6.21. The molecule has 0 saturated carbocycles. The Bertz CT molecular complexity index is 576. The van der Waals surface area contributed by atoms with Crippen LogP contribution in [0.25, 0.3) is 0 Å². The summed E-state index contributed by atoms with van der Waals surface area (Å²) >= 11 is 0. The van der Waals surface area contributed by atoms with Gasteiger partial charge >= 0.3 is 0 Å². The smallest absolute Gasteiger partial charge is 0.253 e. The van der Waals surface area contributed by atoms with Crippen LogP contribution in [0.5, 0.6) is 0 Å². The Kier molecular flexibility index (Phi) is 3.42. The second kappa shape index (κ2) is 4.87. The predicted molar refractivity (Wildman–Crippen MR) is 71.7 cm³/mol. The highest BCUT2D eigenvalue weighted by Crippen LogP contribution is 2.13. The molecule has 0 aromatic carbocycles. The van der Waals surface area contributed by atoms with Gasteiger partial charge in [0.15, 0.2) is 0 Å². The van der Waals surface area contributed by atoms with Gasteiger partial charge in [0.05, 0.1) is 17.6 Å². The molecule has 1 amide bonds. The van der Waals surface area contributed by atoms with Crippen molar-refractivity contribution in [1.29, 1.82) is 0 Å². The Hall–Kier alpha value is -2.11. The molecule has 0 aliphatic carbocycles. The summed E-state index contributed by atoms with van der Waals surface area (Å²) < 4.78 is 1.82. The monoisotopic (exact) mass is 261 g/mol. The number of hydrogen-bond donors (Lipinski definition) is 2. The van der Waals surface area contributed by atoms with E-state index in [0.29, 0.717) is 12.1 Å². The van der Waals surface area contributed by atoms with E-state index in [1.807, 2.05) is 32.4 Å². The van der Waals surface area contributed by atoms with Crippen LogP contribution in [0.15, 0.2) is 18.6 Å². The third-order valence-electron chi connectivity index (χ3n) is 2.86. The molecule has 0 saturated heterocycles. The van der Waals surface area contributed by atoms with E-state index < -0.39 is 0 Å². The number of H-pyrrole nitrogens is 1. The molecule has 0 aliphatic heterocycles. The average Bonchev–Trinajstić information content (AvgIpc) is 2.93. The van der Waals surface area contributed by atoms with Crippen molar-refractivity contribution in [1.82, 2.24) is 25.1 Å². The normalized spacial score (nSPS) is 11.6. The molecule has 6 nitrogen and oxygen atoms in total. The molecule has 0 spiro atoms. The minimum atomic E-state index is -0.152. The number of carbonyl (C=O) groups excluding carboxylic acids is 1. The molecule has 2 aromatic rings. The zero-order valence-electron chi connectivity index (χ0n) is 11.7. The summed E-state index contributed by atoms with van der Waals surface area (Å²) in [7, 11) is 0. The number of amides is 1. The van der Waals surface area contributed by atoms with Gasteiger partial charge in [0.1, 0.15) is 12.2 Å². The third-order valence-corrected chi connectivity index (χ3v) is 2.86. The Morgan fingerprint density at radius 1 is 1.47 bits per heavy atom. The summed E-state index contributed by atoms with van der Waals surface area (Å²) in [5.41, 5.74) is 1.36. The second-order valence-electron chi connectivity index (χ2n) is 5.46. The minimum absolute atomic E-state index is 0.109. The van der Waals surface area contributed by atoms with Crippen molar-refractivity contribution >= 4 is 5.91 Å². The van der Waals surface area contributed by atoms with Gasteiger partial charge < -0.3 is 10.3 Å². The summed E-state index contributed by atoms with van der Waals surface area (Å²) in [4.78, 5) is 19.2. The lowest BCUT2D eigenvalue weighted by Crippen LogP contribution is -2.30. The molecule has 19 heavy (non-hydrogen) atoms. The molecule has 2 aromatic heterocycles. The van der Waals surface area contributed by atoms with E-state index in [9.17, 15) is 4.79 Å². The highest BCUT2D eigenvalue weighted by Gasteiger charge is 2.19. The average molecular weight is 261 g/mol. The molecule has 0 fully saturated rings. The van der Waals surface area contributed by atoms with Crippen molar-refractivity contribution in [2.45, 2.75) is 39.8 Å². The van der Waals surface area contributed by atoms with Crippen LogP contribution < -0.4 is 5.32 Å². The van der Waals surface area contributed by atoms with Gasteiger partial charge in [0.25, 0.3) is 5.91 Å². The largest absolute Gasteiger partial charge is 0.365 e. The van der Waals surface area contributed by atoms with Crippen LogP contribution in [0.2, 0.25) is 0 Å². The van der Waals surface area contributed by atoms with E-state index in [-0.39, 0.29) is 11.4 Å². The van der Waals surface area contributed by atoms with Gasteiger partial charge in [-0.15, -0.1) is 0 Å². The van der Waals surface area contributed by atoms with Crippen LogP contribution >= 0.6 is 0 Å². The van der Waals surface area contributed by atoms with Gasteiger partial charge in [-0.2, -0.15) is 5.10 Å². The Morgan fingerprint density at radius 3 is 2.79 bits per heavy atom. The summed E-state index contributed by atoms with van der Waals surface area (Å²) in [6.45, 7) is 8.36. The molecule has 0 radical (unpaired) electrons. The fourth-order valence-electron chi connectivity index (χ4n) is 1.90. The highest BCUT2D eigenvalue weighted by molar-refractivity contribution is 5.95. The summed E-state index contributed by atoms with van der Waals surface area (Å²) in [6.07, 6.45) is 3.26. The molecule has 102 valence electrons. The zero-order valence-corrected chi connectivity index (χ0v) is 11.7. The number of hydrogen-bond acceptors (Lipinski definition) is 3. The fraction of sp³-hybridized carbons (Fsp3) is 0.462. The van der Waals surface area contributed by atoms with Crippen LogP contribution in [-0.4, -0.2) is 25.7 Å². The highest BCUT2D eigenvalue weighted by atomic mass is 16.1. The number of aromatic nitrogens is 4. The molecular weight excluding hydrogens is 242 g/mol. The number of aryl methyl sites for hydroxylation is 1. The van der Waals surface area contributed by atoms with E-state index in [4.69, 9.17) is 0 Å². The van der Waals surface area contributed by atoms with Gasteiger partial charge in [-0.05, 0) is 33.8 Å². The van der Waals surface area contributed by atoms with Crippen molar-refractivity contribution in [3.05, 3.63) is 35.7 Å². The molecular formula is C13H19N5O. The van der Waals surface area contributed by atoms with Crippen LogP contribution in [0.3, 0.4) is 0 Å². The van der Waals surface area contributed by atoms with Gasteiger partial charge in [0.2, 0.25) is 0 Å². The van der Waals surface area contributed by atoms with E-state index in [1.54, 1.807) is 12.3 Å². The first-order valence-corrected chi connectivity index (χ1v) is 6.21. The summed E-state index contributed by atoms with van der Waals surface area (Å²) in [5.74, 6) is 0.635. The van der Waals surface area contributed by atoms with E-state index in [2.05, 4.69) is 20.4 Å². The van der Waals surface area contributed by atoms with Crippen LogP contribution in [0.1, 0.15) is 42.6 Å². The summed E-state index contributed by atoms with van der Waals surface area (Å²) in [6, 6.07) is 1.76. The molecule has 0 aliphatic rings. The Labute approximate surface area is 112 Å². The number of rotatable bonds is 3. The van der Waals surface area contributed by atoms with E-state index in [1.165, 1.54) is 6.33 Å². The zero-order chi connectivity index (χ0) is 14.0. The maximum Gasteiger partial charge on any atom is 0.253 e. The lowest BCUT2D eigenvalue weighted by atomic mass is 10.1. The first-order chi connectivity index (χ1) is 8.89. The second-order valence-corrected chi connectivity index (χ2v) is 5.46. The van der Waals surface area contributed by atoms with Gasteiger partial charge in [-0.3, -0.25) is 4.79 Å². The first kappa shape index (κ1) is 13.3. The standard InChI is InChI=1S/C13H19N5O/c1-9-10(5-6-14-9)12(19)15-7-11-16-8-17-18(11)13(2,3)4/h5-6,8,14H,7H2,1-4H3,(H,15,19). The number of aromatic amines is 1. The van der Waals surface area contributed by atoms with Gasteiger partial charge in [-0.25, -0.2) is 9.67 Å². The molecule has 0 unspecified atom stereocenters. The third kappa shape index (κ3) is 2.83. The fourth-order valence-corrected chi connectivity index (χ4v) is 1.90. The maximum atomic E-state index is 12.0. The molecule has 2 rings (SSSR count). The van der Waals surface area contributed by atoms with Crippen LogP contribution in [0, 0.1) is 6.92 Å². The summed E-state index contributed by atoms with van der Waals surface area (Å²) in [5, 5.41) is 7.05. The molecule has 2 N–H and O–H groups in total. The Morgan fingerprint density at radius 2 is 2.21 bits per heavy atom. The van der Waals surface area contributed by atoms with Gasteiger partial charge in [0, 0.05) is 11.9 Å². The Balaban J connectivity index is 2.06. The number of nitrogens with one attached hydrogen (secondary N) is 2. The van der Waals surface area contributed by atoms with Crippen LogP contribution in [0.4, 0.5) is 0 Å². The van der Waals surface area contributed by atoms with Crippen molar-refractivity contribution in [2.24, 2.45) is 0 Å². The van der Waals surface area contributed by atoms with E-state index >= 15 is 0 Å². The van der Waals surface area contributed by atoms with Gasteiger partial charge in [-0.1, -0.05) is 0 Å². The van der Waals surface area contributed by atoms with Crippen molar-refractivity contribution in [2.75, 3.05) is 0 Å². The molecule has 0 bridgehead atoms. The number of nitrogens with zero attached hydrogens (tertiary/aromatic N) is 3. The van der Waals surface area contributed by atoms with Crippen LogP contribution in [-0.2, 0) is 12.1 Å². The maximum absolute atomic E-state index is 12.0. The molecule has 2 heterocycles. The predicted octanol–water partition coefficient (Wildman–Crippen LogP) is 1.60. The SMILES string of the molecule is Cc1[nH]ccc1C(=O)NCc1ncnn1C(C)(C)C. The minimum Gasteiger partial charge on any atom is -0.365 e.